The molecule has 2 aliphatic heterocycles. The Hall–Kier alpha value is -2.06. The fourth-order valence-corrected chi connectivity index (χ4v) is 3.71. The molecule has 1 unspecified atom stereocenters. The lowest BCUT2D eigenvalue weighted by Crippen LogP contribution is -2.40. The van der Waals surface area contributed by atoms with Gasteiger partial charge in [0.25, 0.3) is 0 Å². The molecule has 0 aliphatic carbocycles. The second-order valence-electron chi connectivity index (χ2n) is 6.82. The number of likely N-dealkylation sites (tertiary alicyclic amines) is 2. The molecule has 24 heavy (non-hydrogen) atoms. The third kappa shape index (κ3) is 4.27. The zero-order valence-corrected chi connectivity index (χ0v) is 14.5. The Morgan fingerprint density at radius 1 is 1.25 bits per heavy atom. The highest BCUT2D eigenvalue weighted by Gasteiger charge is 2.27. The summed E-state index contributed by atoms with van der Waals surface area (Å²) < 4.78 is 0. The first-order valence-corrected chi connectivity index (χ1v) is 8.95. The van der Waals surface area contributed by atoms with Crippen molar-refractivity contribution in [1.29, 1.82) is 5.26 Å². The Bertz CT molecular complexity index is 595. The Balaban J connectivity index is 1.48. The van der Waals surface area contributed by atoms with E-state index in [0.29, 0.717) is 5.56 Å². The van der Waals surface area contributed by atoms with Gasteiger partial charge in [-0.1, -0.05) is 12.1 Å². The fraction of sp³-hybridized carbons (Fsp3) is 0.579. The first-order chi connectivity index (χ1) is 11.8. The summed E-state index contributed by atoms with van der Waals surface area (Å²) >= 11 is 0. The topological polar surface area (TPSA) is 54.7 Å². The summed E-state index contributed by atoms with van der Waals surface area (Å²) in [5, 5.41) is 12.3. The SMILES string of the molecule is CN=C(NCc1ccc(C#N)cc1)N1CCC(CN2CCCC2)C1. The molecule has 0 radical (unpaired) electrons. The average molecular weight is 325 g/mol. The largest absolute Gasteiger partial charge is 0.352 e. The first-order valence-electron chi connectivity index (χ1n) is 8.95. The normalized spacial score (nSPS) is 21.9. The molecule has 0 aromatic heterocycles. The minimum Gasteiger partial charge on any atom is -0.352 e. The fourth-order valence-electron chi connectivity index (χ4n) is 3.71. The van der Waals surface area contributed by atoms with Crippen molar-refractivity contribution in [2.24, 2.45) is 10.9 Å². The summed E-state index contributed by atoms with van der Waals surface area (Å²) in [6.07, 6.45) is 3.99. The van der Waals surface area contributed by atoms with Crippen LogP contribution in [-0.4, -0.2) is 55.5 Å². The third-order valence-corrected chi connectivity index (χ3v) is 5.05. The third-order valence-electron chi connectivity index (χ3n) is 5.05. The molecule has 5 heteroatoms. The molecule has 5 nitrogen and oxygen atoms in total. The molecular weight excluding hydrogens is 298 g/mol. The van der Waals surface area contributed by atoms with Gasteiger partial charge in [0.05, 0.1) is 11.6 Å². The van der Waals surface area contributed by atoms with Crippen molar-refractivity contribution in [2.45, 2.75) is 25.8 Å². The molecule has 1 aromatic carbocycles. The molecule has 1 N–H and O–H groups in total. The number of nitrogens with zero attached hydrogens (tertiary/aromatic N) is 4. The van der Waals surface area contributed by atoms with Gasteiger partial charge >= 0.3 is 0 Å². The van der Waals surface area contributed by atoms with E-state index in [1.54, 1.807) is 0 Å². The predicted molar refractivity (Wildman–Crippen MR) is 96.7 cm³/mol. The Morgan fingerprint density at radius 3 is 2.67 bits per heavy atom. The van der Waals surface area contributed by atoms with Gasteiger partial charge in [0.1, 0.15) is 0 Å². The van der Waals surface area contributed by atoms with Crippen molar-refractivity contribution in [3.8, 4) is 6.07 Å². The lowest BCUT2D eigenvalue weighted by atomic mass is 10.1. The minimum absolute atomic E-state index is 0.701. The maximum atomic E-state index is 8.86. The van der Waals surface area contributed by atoms with E-state index >= 15 is 0 Å². The van der Waals surface area contributed by atoms with Crippen molar-refractivity contribution >= 4 is 5.96 Å². The molecule has 2 heterocycles. The summed E-state index contributed by atoms with van der Waals surface area (Å²) in [6.45, 7) is 6.73. The highest BCUT2D eigenvalue weighted by Crippen LogP contribution is 2.20. The van der Waals surface area contributed by atoms with Crippen LogP contribution < -0.4 is 5.32 Å². The smallest absolute Gasteiger partial charge is 0.193 e. The number of nitriles is 1. The molecule has 2 fully saturated rings. The van der Waals surface area contributed by atoms with Crippen molar-refractivity contribution in [3.63, 3.8) is 0 Å². The van der Waals surface area contributed by atoms with Crippen LogP contribution >= 0.6 is 0 Å². The molecule has 0 amide bonds. The van der Waals surface area contributed by atoms with Crippen LogP contribution in [0.4, 0.5) is 0 Å². The molecule has 3 rings (SSSR count). The van der Waals surface area contributed by atoms with Gasteiger partial charge in [-0.25, -0.2) is 0 Å². The summed E-state index contributed by atoms with van der Waals surface area (Å²) in [6, 6.07) is 9.88. The van der Waals surface area contributed by atoms with Crippen LogP contribution in [0.1, 0.15) is 30.4 Å². The van der Waals surface area contributed by atoms with Crippen molar-refractivity contribution in [3.05, 3.63) is 35.4 Å². The maximum absolute atomic E-state index is 8.86. The molecule has 2 aliphatic rings. The molecule has 128 valence electrons. The summed E-state index contributed by atoms with van der Waals surface area (Å²) in [7, 11) is 1.86. The van der Waals surface area contributed by atoms with Crippen LogP contribution in [0.5, 0.6) is 0 Å². The van der Waals surface area contributed by atoms with Crippen LogP contribution in [-0.2, 0) is 6.54 Å². The molecule has 1 atom stereocenters. The lowest BCUT2D eigenvalue weighted by Gasteiger charge is -2.23. The van der Waals surface area contributed by atoms with Gasteiger partial charge < -0.3 is 15.1 Å². The van der Waals surface area contributed by atoms with Gasteiger partial charge in [-0.3, -0.25) is 4.99 Å². The second-order valence-corrected chi connectivity index (χ2v) is 6.82. The molecule has 0 bridgehead atoms. The molecule has 0 saturated carbocycles. The maximum Gasteiger partial charge on any atom is 0.193 e. The standard InChI is InChI=1S/C19H27N5/c1-21-19(22-13-17-6-4-16(12-20)5-7-17)24-11-8-18(15-24)14-23-9-2-3-10-23/h4-7,18H,2-3,8-11,13-15H2,1H3,(H,21,22). The Morgan fingerprint density at radius 2 is 2.00 bits per heavy atom. The number of rotatable bonds is 4. The number of aliphatic imine (C=N–C) groups is 1. The number of hydrogen-bond donors (Lipinski definition) is 1. The average Bonchev–Trinajstić information content (AvgIpc) is 3.29. The first kappa shape index (κ1) is 16.8. The van der Waals surface area contributed by atoms with Crippen molar-refractivity contribution < 1.29 is 0 Å². The van der Waals surface area contributed by atoms with E-state index in [1.807, 2.05) is 31.3 Å². The van der Waals surface area contributed by atoms with Gasteiger partial charge in [0.15, 0.2) is 5.96 Å². The van der Waals surface area contributed by atoms with Crippen LogP contribution in [0.3, 0.4) is 0 Å². The van der Waals surface area contributed by atoms with E-state index in [0.717, 1.165) is 31.5 Å². The van der Waals surface area contributed by atoms with E-state index in [2.05, 4.69) is 26.2 Å². The number of nitrogens with one attached hydrogen (secondary N) is 1. The highest BCUT2D eigenvalue weighted by atomic mass is 15.3. The van der Waals surface area contributed by atoms with Gasteiger partial charge in [-0.15, -0.1) is 0 Å². The zero-order chi connectivity index (χ0) is 16.8. The molecule has 1 aromatic rings. The second kappa shape index (κ2) is 8.16. The number of benzene rings is 1. The quantitative estimate of drug-likeness (QED) is 0.680. The van der Waals surface area contributed by atoms with Gasteiger partial charge in [0.2, 0.25) is 0 Å². The van der Waals surface area contributed by atoms with E-state index in [1.165, 1.54) is 44.5 Å². The molecule has 2 saturated heterocycles. The Kier molecular flexibility index (Phi) is 5.71. The molecule has 0 spiro atoms. The Labute approximate surface area is 145 Å². The van der Waals surface area contributed by atoms with Gasteiger partial charge in [0, 0.05) is 33.2 Å². The van der Waals surface area contributed by atoms with Gasteiger partial charge in [-0.2, -0.15) is 5.26 Å². The molecular formula is C19H27N5. The summed E-state index contributed by atoms with van der Waals surface area (Å²) in [5.74, 6) is 1.75. The summed E-state index contributed by atoms with van der Waals surface area (Å²) in [5.41, 5.74) is 1.87. The number of guanidine groups is 1. The highest BCUT2D eigenvalue weighted by molar-refractivity contribution is 5.80. The minimum atomic E-state index is 0.701. The monoisotopic (exact) mass is 325 g/mol. The van der Waals surface area contributed by atoms with E-state index in [-0.39, 0.29) is 0 Å². The summed E-state index contributed by atoms with van der Waals surface area (Å²) in [4.78, 5) is 9.44. The predicted octanol–water partition coefficient (Wildman–Crippen LogP) is 2.05. The van der Waals surface area contributed by atoms with Crippen molar-refractivity contribution in [2.75, 3.05) is 39.8 Å². The van der Waals surface area contributed by atoms with Crippen LogP contribution in [0.25, 0.3) is 0 Å². The van der Waals surface area contributed by atoms with Crippen molar-refractivity contribution in [1.82, 2.24) is 15.1 Å². The van der Waals surface area contributed by atoms with Crippen LogP contribution in [0.15, 0.2) is 29.3 Å². The zero-order valence-electron chi connectivity index (χ0n) is 14.5. The van der Waals surface area contributed by atoms with Crippen LogP contribution in [0, 0.1) is 17.2 Å². The van der Waals surface area contributed by atoms with Gasteiger partial charge in [-0.05, 0) is 56.0 Å². The van der Waals surface area contributed by atoms with E-state index in [9.17, 15) is 0 Å². The van der Waals surface area contributed by atoms with Crippen LogP contribution in [0.2, 0.25) is 0 Å². The van der Waals surface area contributed by atoms with E-state index in [4.69, 9.17) is 5.26 Å². The van der Waals surface area contributed by atoms with E-state index < -0.39 is 0 Å². The lowest BCUT2D eigenvalue weighted by molar-refractivity contribution is 0.281. The number of hydrogen-bond acceptors (Lipinski definition) is 3.